The molecule has 2 aromatic rings. The van der Waals surface area contributed by atoms with Gasteiger partial charge in [0.2, 0.25) is 5.91 Å². The first kappa shape index (κ1) is 17.1. The first-order valence-corrected chi connectivity index (χ1v) is 10.0. The molecule has 0 unspecified atom stereocenters. The van der Waals surface area contributed by atoms with Crippen molar-refractivity contribution < 1.29 is 9.18 Å². The quantitative estimate of drug-likeness (QED) is 0.795. The fourth-order valence-electron chi connectivity index (χ4n) is 3.47. The molecular weight excluding hydrogens is 381 g/mol. The third-order valence-electron chi connectivity index (χ3n) is 4.79. The molecule has 132 valence electrons. The van der Waals surface area contributed by atoms with E-state index in [1.807, 2.05) is 12.1 Å². The van der Waals surface area contributed by atoms with Crippen molar-refractivity contribution in [2.45, 2.75) is 22.6 Å². The van der Waals surface area contributed by atoms with Crippen LogP contribution in [0.4, 0.5) is 10.1 Å². The van der Waals surface area contributed by atoms with E-state index in [-0.39, 0.29) is 11.7 Å². The van der Waals surface area contributed by atoms with Crippen LogP contribution in [-0.2, 0) is 4.79 Å². The lowest BCUT2D eigenvalue weighted by atomic mass is 9.86. The maximum atomic E-state index is 13.2. The van der Waals surface area contributed by atoms with Crippen molar-refractivity contribution in [2.75, 3.05) is 24.7 Å². The van der Waals surface area contributed by atoms with E-state index in [2.05, 4.69) is 14.5 Å². The first-order chi connectivity index (χ1) is 12.1. The predicted molar refractivity (Wildman–Crippen MR) is 101 cm³/mol. The van der Waals surface area contributed by atoms with Crippen LogP contribution in [0.3, 0.4) is 0 Å². The smallest absolute Gasteiger partial charge is 0.247 e. The first-order valence-electron chi connectivity index (χ1n) is 8.07. The van der Waals surface area contributed by atoms with Gasteiger partial charge in [-0.1, -0.05) is 11.6 Å². The van der Waals surface area contributed by atoms with E-state index < -0.39 is 5.54 Å². The van der Waals surface area contributed by atoms with Crippen LogP contribution in [0.25, 0.3) is 0 Å². The molecule has 25 heavy (non-hydrogen) atoms. The van der Waals surface area contributed by atoms with Crippen LogP contribution in [-0.4, -0.2) is 35.5 Å². The van der Waals surface area contributed by atoms with Crippen molar-refractivity contribution >= 4 is 46.5 Å². The predicted octanol–water partition coefficient (Wildman–Crippen LogP) is 3.98. The average Bonchev–Trinajstić information content (AvgIpc) is 3.15. The highest BCUT2D eigenvalue weighted by Crippen LogP contribution is 2.40. The topological polar surface area (TPSA) is 35.6 Å². The van der Waals surface area contributed by atoms with Gasteiger partial charge in [-0.2, -0.15) is 0 Å². The second-order valence-corrected chi connectivity index (χ2v) is 9.29. The van der Waals surface area contributed by atoms with Crippen LogP contribution in [0.5, 0.6) is 0 Å². The van der Waals surface area contributed by atoms with E-state index in [4.69, 9.17) is 11.6 Å². The third-order valence-corrected chi connectivity index (χ3v) is 7.23. The lowest BCUT2D eigenvalue weighted by Gasteiger charge is -2.42. The molecule has 1 N–H and O–H groups in total. The molecule has 0 atom stereocenters. The fourth-order valence-corrected chi connectivity index (χ4v) is 5.86. The van der Waals surface area contributed by atoms with Gasteiger partial charge in [0.15, 0.2) is 0 Å². The Kier molecular flexibility index (Phi) is 4.66. The SMILES string of the molecule is O=C1NCN(c2ccc(F)cc2)C12CCN(Sc1ccc(Cl)s1)CC2. The summed E-state index contributed by atoms with van der Waals surface area (Å²) in [7, 11) is 0. The summed E-state index contributed by atoms with van der Waals surface area (Å²) in [6.45, 7) is 2.09. The number of amides is 1. The molecule has 2 aliphatic rings. The third kappa shape index (κ3) is 3.26. The summed E-state index contributed by atoms with van der Waals surface area (Å²) in [5.41, 5.74) is 0.341. The number of thiophene rings is 1. The Labute approximate surface area is 159 Å². The number of hydrogen-bond donors (Lipinski definition) is 1. The van der Waals surface area contributed by atoms with Crippen LogP contribution < -0.4 is 10.2 Å². The standard InChI is InChI=1S/C17H17ClFN3OS2/c18-14-5-6-15(24-14)25-21-9-7-17(8-10-21)16(23)20-11-22(17)13-3-1-12(19)2-4-13/h1-6H,7-11H2,(H,20,23). The lowest BCUT2D eigenvalue weighted by molar-refractivity contribution is -0.124. The molecule has 2 aliphatic heterocycles. The van der Waals surface area contributed by atoms with Gasteiger partial charge < -0.3 is 10.2 Å². The molecule has 8 heteroatoms. The molecule has 0 saturated carbocycles. The average molecular weight is 398 g/mol. The van der Waals surface area contributed by atoms with E-state index >= 15 is 0 Å². The van der Waals surface area contributed by atoms with Crippen molar-refractivity contribution in [3.8, 4) is 0 Å². The van der Waals surface area contributed by atoms with Crippen LogP contribution in [0, 0.1) is 5.82 Å². The molecule has 1 aromatic heterocycles. The Balaban J connectivity index is 1.49. The molecule has 0 aliphatic carbocycles. The number of halogens is 2. The van der Waals surface area contributed by atoms with Crippen LogP contribution in [0.1, 0.15) is 12.8 Å². The number of rotatable bonds is 3. The monoisotopic (exact) mass is 397 g/mol. The van der Waals surface area contributed by atoms with Crippen molar-refractivity contribution in [1.29, 1.82) is 0 Å². The summed E-state index contributed by atoms with van der Waals surface area (Å²) in [4.78, 5) is 14.7. The number of nitrogens with zero attached hydrogens (tertiary/aromatic N) is 2. The van der Waals surface area contributed by atoms with E-state index in [9.17, 15) is 9.18 Å². The Morgan fingerprint density at radius 1 is 1.16 bits per heavy atom. The molecule has 2 saturated heterocycles. The number of piperidine rings is 1. The number of hydrogen-bond acceptors (Lipinski definition) is 5. The molecule has 1 amide bonds. The van der Waals surface area contributed by atoms with Gasteiger partial charge in [0.05, 0.1) is 15.2 Å². The second kappa shape index (κ2) is 6.79. The molecule has 4 rings (SSSR count). The number of carbonyl (C=O) groups excluding carboxylic acids is 1. The maximum absolute atomic E-state index is 13.2. The number of carbonyl (C=O) groups is 1. The zero-order valence-corrected chi connectivity index (χ0v) is 15.8. The van der Waals surface area contributed by atoms with Gasteiger partial charge in [0.25, 0.3) is 0 Å². The minimum atomic E-state index is -0.540. The summed E-state index contributed by atoms with van der Waals surface area (Å²) in [6.07, 6.45) is 1.48. The largest absolute Gasteiger partial charge is 0.339 e. The Morgan fingerprint density at radius 2 is 1.88 bits per heavy atom. The minimum Gasteiger partial charge on any atom is -0.339 e. The number of nitrogens with one attached hydrogen (secondary N) is 1. The van der Waals surface area contributed by atoms with Crippen molar-refractivity contribution in [3.05, 3.63) is 46.6 Å². The minimum absolute atomic E-state index is 0.0700. The lowest BCUT2D eigenvalue weighted by Crippen LogP contribution is -2.55. The van der Waals surface area contributed by atoms with E-state index in [1.54, 1.807) is 35.4 Å². The summed E-state index contributed by atoms with van der Waals surface area (Å²) in [6, 6.07) is 10.3. The van der Waals surface area contributed by atoms with Crippen LogP contribution >= 0.6 is 34.9 Å². The van der Waals surface area contributed by atoms with E-state index in [1.165, 1.54) is 12.1 Å². The highest BCUT2D eigenvalue weighted by Gasteiger charge is 2.50. The van der Waals surface area contributed by atoms with Crippen LogP contribution in [0.15, 0.2) is 40.6 Å². The molecule has 1 spiro atoms. The van der Waals surface area contributed by atoms with Crippen LogP contribution in [0.2, 0.25) is 4.34 Å². The normalized spacial score (nSPS) is 20.2. The Hall–Kier alpha value is -1.28. The zero-order chi connectivity index (χ0) is 17.4. The van der Waals surface area contributed by atoms with Crippen molar-refractivity contribution in [2.24, 2.45) is 0 Å². The van der Waals surface area contributed by atoms with Gasteiger partial charge in [0.1, 0.15) is 11.4 Å². The highest BCUT2D eigenvalue weighted by molar-refractivity contribution is 7.99. The van der Waals surface area contributed by atoms with Gasteiger partial charge in [-0.25, -0.2) is 8.70 Å². The number of anilines is 1. The van der Waals surface area contributed by atoms with Gasteiger partial charge in [-0.15, -0.1) is 11.3 Å². The molecule has 1 aromatic carbocycles. The van der Waals surface area contributed by atoms with E-state index in [0.29, 0.717) is 6.67 Å². The molecule has 2 fully saturated rings. The molecule has 4 nitrogen and oxygen atoms in total. The van der Waals surface area contributed by atoms with Gasteiger partial charge >= 0.3 is 0 Å². The second-order valence-electron chi connectivity index (χ2n) is 6.18. The molecule has 0 bridgehead atoms. The zero-order valence-electron chi connectivity index (χ0n) is 13.4. The van der Waals surface area contributed by atoms with Crippen molar-refractivity contribution in [1.82, 2.24) is 9.62 Å². The summed E-state index contributed by atoms with van der Waals surface area (Å²) in [5, 5.41) is 2.96. The summed E-state index contributed by atoms with van der Waals surface area (Å²) in [5.74, 6) is -0.197. The highest BCUT2D eigenvalue weighted by atomic mass is 35.5. The van der Waals surface area contributed by atoms with Crippen molar-refractivity contribution in [3.63, 3.8) is 0 Å². The van der Waals surface area contributed by atoms with Gasteiger partial charge in [-0.05, 0) is 61.2 Å². The maximum Gasteiger partial charge on any atom is 0.247 e. The van der Waals surface area contributed by atoms with Gasteiger partial charge in [0, 0.05) is 18.8 Å². The Morgan fingerprint density at radius 3 is 2.52 bits per heavy atom. The Bertz CT molecular complexity index is 774. The van der Waals surface area contributed by atoms with E-state index in [0.717, 1.165) is 40.2 Å². The molecular formula is C17H17ClFN3OS2. The number of benzene rings is 1. The summed E-state index contributed by atoms with van der Waals surface area (Å²) >= 11 is 9.26. The molecule has 0 radical (unpaired) electrons. The summed E-state index contributed by atoms with van der Waals surface area (Å²) < 4.78 is 17.4. The fraction of sp³-hybridized carbons (Fsp3) is 0.353. The van der Waals surface area contributed by atoms with Gasteiger partial charge in [-0.3, -0.25) is 4.79 Å². The molecule has 3 heterocycles.